The molecule has 0 saturated carbocycles. The van der Waals surface area contributed by atoms with E-state index in [1.54, 1.807) is 18.2 Å². The molecule has 0 spiro atoms. The number of hydrogen-bond acceptors (Lipinski definition) is 6. The Kier molecular flexibility index (Phi) is 21.2. The van der Waals surface area contributed by atoms with Crippen LogP contribution in [-0.2, 0) is 25.2 Å². The van der Waals surface area contributed by atoms with E-state index in [0.717, 1.165) is 18.4 Å². The number of unbranched alkanes of at least 4 members (excludes halogenated alkanes) is 15. The molecule has 1 aromatic rings. The van der Waals surface area contributed by atoms with Crippen LogP contribution in [0.5, 0.6) is 5.75 Å². The molecule has 9 heteroatoms. The maximum Gasteiger partial charge on any atom is 0.469 e. The van der Waals surface area contributed by atoms with Crippen LogP contribution >= 0.6 is 7.82 Å². The molecule has 0 aliphatic heterocycles. The maximum atomic E-state index is 11.1. The quantitative estimate of drug-likeness (QED) is 0.0855. The van der Waals surface area contributed by atoms with Crippen molar-refractivity contribution in [3.63, 3.8) is 0 Å². The van der Waals surface area contributed by atoms with Crippen molar-refractivity contribution in [2.45, 2.75) is 122 Å². The second-order valence-electron chi connectivity index (χ2n) is 10.2. The Morgan fingerprint density at radius 3 is 1.87 bits per heavy atom. The molecule has 0 aliphatic rings. The highest BCUT2D eigenvalue weighted by molar-refractivity contribution is 7.46. The van der Waals surface area contributed by atoms with Gasteiger partial charge in [-0.15, -0.1) is 0 Å². The first-order valence-electron chi connectivity index (χ1n) is 14.9. The molecule has 0 heterocycles. The van der Waals surface area contributed by atoms with Crippen LogP contribution in [0.1, 0.15) is 121 Å². The van der Waals surface area contributed by atoms with Crippen molar-refractivity contribution in [1.29, 1.82) is 5.26 Å². The maximum absolute atomic E-state index is 11.1. The summed E-state index contributed by atoms with van der Waals surface area (Å²) >= 11 is 0. The predicted molar refractivity (Wildman–Crippen MR) is 155 cm³/mol. The van der Waals surface area contributed by atoms with E-state index in [9.17, 15) is 4.57 Å². The number of methoxy groups -OCH3 is 1. The molecule has 0 unspecified atom stereocenters. The zero-order valence-electron chi connectivity index (χ0n) is 24.3. The van der Waals surface area contributed by atoms with Gasteiger partial charge >= 0.3 is 7.82 Å². The molecule has 0 radical (unpaired) electrons. The molecule has 39 heavy (non-hydrogen) atoms. The molecule has 8 nitrogen and oxygen atoms in total. The monoisotopic (exact) mass is 569 g/mol. The zero-order chi connectivity index (χ0) is 28.6. The van der Waals surface area contributed by atoms with Crippen LogP contribution < -0.4 is 4.74 Å². The Labute approximate surface area is 236 Å². The smallest absolute Gasteiger partial charge is 0.469 e. The molecule has 1 atom stereocenters. The van der Waals surface area contributed by atoms with E-state index in [0.29, 0.717) is 17.9 Å². The Morgan fingerprint density at radius 1 is 0.846 bits per heavy atom. The number of rotatable bonds is 26. The van der Waals surface area contributed by atoms with Crippen molar-refractivity contribution < 1.29 is 33.1 Å². The molecule has 0 aliphatic carbocycles. The van der Waals surface area contributed by atoms with Crippen LogP contribution in [0.4, 0.5) is 0 Å². The van der Waals surface area contributed by atoms with E-state index in [2.05, 4.69) is 17.5 Å². The van der Waals surface area contributed by atoms with Gasteiger partial charge in [-0.1, -0.05) is 109 Å². The van der Waals surface area contributed by atoms with Gasteiger partial charge in [0.25, 0.3) is 0 Å². The van der Waals surface area contributed by atoms with Gasteiger partial charge in [-0.05, 0) is 18.6 Å². The van der Waals surface area contributed by atoms with E-state index in [4.69, 9.17) is 29.3 Å². The minimum Gasteiger partial charge on any atom is -0.496 e. The van der Waals surface area contributed by atoms with E-state index in [-0.39, 0.29) is 19.8 Å². The fourth-order valence-electron chi connectivity index (χ4n) is 4.43. The molecule has 0 bridgehead atoms. The molecule has 1 aromatic carbocycles. The van der Waals surface area contributed by atoms with Gasteiger partial charge < -0.3 is 24.0 Å². The first-order chi connectivity index (χ1) is 18.9. The van der Waals surface area contributed by atoms with Crippen LogP contribution in [-0.4, -0.2) is 42.8 Å². The summed E-state index contributed by atoms with van der Waals surface area (Å²) in [7, 11) is -3.11. The summed E-state index contributed by atoms with van der Waals surface area (Å²) in [4.78, 5) is 18.1. The number of phosphoric acid groups is 1. The summed E-state index contributed by atoms with van der Waals surface area (Å²) in [6, 6.07) is 7.07. The molecule has 2 N–H and O–H groups in total. The van der Waals surface area contributed by atoms with E-state index < -0.39 is 13.9 Å². The van der Waals surface area contributed by atoms with Crippen molar-refractivity contribution in [3.8, 4) is 11.8 Å². The molecular formula is C30H52NO7P. The lowest BCUT2D eigenvalue weighted by atomic mass is 10.0. The van der Waals surface area contributed by atoms with Crippen LogP contribution in [0.3, 0.4) is 0 Å². The minimum absolute atomic E-state index is 0.131. The van der Waals surface area contributed by atoms with Gasteiger partial charge in [0.15, 0.2) is 0 Å². The highest BCUT2D eigenvalue weighted by Crippen LogP contribution is 2.36. The molecular weight excluding hydrogens is 517 g/mol. The van der Waals surface area contributed by atoms with Crippen molar-refractivity contribution >= 4 is 7.82 Å². The van der Waals surface area contributed by atoms with E-state index in [1.165, 1.54) is 97.0 Å². The van der Waals surface area contributed by atoms with Gasteiger partial charge in [0.2, 0.25) is 0 Å². The van der Waals surface area contributed by atoms with Crippen molar-refractivity contribution in [1.82, 2.24) is 0 Å². The largest absolute Gasteiger partial charge is 0.496 e. The average Bonchev–Trinajstić information content (AvgIpc) is 2.92. The summed E-state index contributed by atoms with van der Waals surface area (Å²) in [5, 5.41) is 9.05. The third kappa shape index (κ3) is 20.1. The molecule has 0 aromatic heterocycles. The summed E-state index contributed by atoms with van der Waals surface area (Å²) in [5.74, 6) is 0.512. The summed E-state index contributed by atoms with van der Waals surface area (Å²) in [5.41, 5.74) is 1.19. The molecule has 224 valence electrons. The van der Waals surface area contributed by atoms with Crippen LogP contribution in [0.15, 0.2) is 18.2 Å². The summed E-state index contributed by atoms with van der Waals surface area (Å²) < 4.78 is 32.7. The van der Waals surface area contributed by atoms with Gasteiger partial charge in [0, 0.05) is 12.2 Å². The van der Waals surface area contributed by atoms with Gasteiger partial charge in [-0.2, -0.15) is 5.26 Å². The van der Waals surface area contributed by atoms with Gasteiger partial charge in [-0.3, -0.25) is 4.52 Å². The number of benzene rings is 1. The Balaban J connectivity index is 2.13. The Morgan fingerprint density at radius 2 is 1.38 bits per heavy atom. The first kappa shape index (κ1) is 35.6. The average molecular weight is 570 g/mol. The molecule has 1 rings (SSSR count). The second-order valence-corrected chi connectivity index (χ2v) is 11.5. The van der Waals surface area contributed by atoms with E-state index >= 15 is 0 Å². The van der Waals surface area contributed by atoms with Crippen molar-refractivity contribution in [3.05, 3.63) is 29.3 Å². The fourth-order valence-corrected chi connectivity index (χ4v) is 4.79. The number of ether oxygens (including phenoxy) is 3. The molecule has 0 amide bonds. The number of phosphoric ester groups is 1. The fraction of sp³-hybridized carbons (Fsp3) is 0.767. The third-order valence-corrected chi connectivity index (χ3v) is 7.25. The van der Waals surface area contributed by atoms with E-state index in [1.807, 2.05) is 0 Å². The lowest BCUT2D eigenvalue weighted by Gasteiger charge is -2.19. The minimum atomic E-state index is -4.62. The molecule has 0 fully saturated rings. The third-order valence-electron chi connectivity index (χ3n) is 6.77. The van der Waals surface area contributed by atoms with Gasteiger partial charge in [0.05, 0.1) is 38.6 Å². The Hall–Kier alpha value is -1.46. The lowest BCUT2D eigenvalue weighted by molar-refractivity contribution is -0.0497. The van der Waals surface area contributed by atoms with Crippen LogP contribution in [0.25, 0.3) is 0 Å². The SMILES string of the molecule is CCCCCCCCCCCCCCCCCCOC[C@@H](COP(=O)(O)O)OCc1ccc(C#N)cc1OC. The molecule has 0 saturated heterocycles. The highest BCUT2D eigenvalue weighted by Gasteiger charge is 2.20. The first-order valence-corrected chi connectivity index (χ1v) is 16.4. The Bertz CT molecular complexity index is 824. The lowest BCUT2D eigenvalue weighted by Crippen LogP contribution is -2.25. The summed E-state index contributed by atoms with van der Waals surface area (Å²) in [6.07, 6.45) is 20.3. The van der Waals surface area contributed by atoms with Gasteiger partial charge in [-0.25, -0.2) is 4.57 Å². The predicted octanol–water partition coefficient (Wildman–Crippen LogP) is 7.84. The highest BCUT2D eigenvalue weighted by atomic mass is 31.2. The van der Waals surface area contributed by atoms with Crippen molar-refractivity contribution in [2.24, 2.45) is 0 Å². The standard InChI is InChI=1S/C30H52NO7P/c1-3-4-5-6-7-8-9-10-11-12-13-14-15-16-17-18-21-36-25-29(26-38-39(32,33)34)37-24-28-20-19-27(23-31)22-30(28)35-2/h19-20,22,29H,3-18,21,24-26H2,1-2H3,(H2,32,33,34)/t29-/m0/s1. The zero-order valence-corrected chi connectivity index (χ0v) is 25.2. The summed E-state index contributed by atoms with van der Waals surface area (Å²) in [6.45, 7) is 2.83. The van der Waals surface area contributed by atoms with Crippen molar-refractivity contribution in [2.75, 3.05) is 26.9 Å². The topological polar surface area (TPSA) is 118 Å². The number of hydrogen-bond donors (Lipinski definition) is 2. The second kappa shape index (κ2) is 23.3. The van der Waals surface area contributed by atoms with Gasteiger partial charge in [0.1, 0.15) is 11.9 Å². The van der Waals surface area contributed by atoms with Crippen LogP contribution in [0.2, 0.25) is 0 Å². The van der Waals surface area contributed by atoms with Crippen LogP contribution in [0, 0.1) is 11.3 Å². The number of nitriles is 1. The normalized spacial score (nSPS) is 12.4. The number of nitrogens with zero attached hydrogens (tertiary/aromatic N) is 1.